The lowest BCUT2D eigenvalue weighted by Crippen LogP contribution is -2.32. The molecule has 2 N–H and O–H groups in total. The molecular formula is C18H20F3N5O. The summed E-state index contributed by atoms with van der Waals surface area (Å²) in [5.41, 5.74) is 5.48. The van der Waals surface area contributed by atoms with Crippen molar-refractivity contribution < 1.29 is 18.0 Å². The Hall–Kier alpha value is -2.68. The summed E-state index contributed by atoms with van der Waals surface area (Å²) in [5, 5.41) is 0. The number of carbonyl (C=O) groups excluding carboxylic acids is 1. The number of benzene rings is 1. The third-order valence-corrected chi connectivity index (χ3v) is 4.65. The third-order valence-electron chi connectivity index (χ3n) is 4.65. The van der Waals surface area contributed by atoms with Crippen LogP contribution in [0.15, 0.2) is 30.3 Å². The molecule has 0 spiro atoms. The molecule has 1 aromatic carbocycles. The zero-order chi connectivity index (χ0) is 19.8. The van der Waals surface area contributed by atoms with Crippen LogP contribution in [-0.2, 0) is 6.18 Å². The summed E-state index contributed by atoms with van der Waals surface area (Å²) in [4.78, 5) is 24.4. The molecule has 2 heterocycles. The van der Waals surface area contributed by atoms with Gasteiger partial charge in [0.1, 0.15) is 5.69 Å². The number of primary amides is 1. The standard InChI is InChI=1S/C18H20F3N5O/c1-25(2)13-7-8-26(10-13)17-23-14(9-15(24-17)16(22)27)11-3-5-12(6-4-11)18(19,20)21/h3-6,9,13H,7-8,10H2,1-2H3,(H2,22,27)/t13-/m1/s1. The maximum Gasteiger partial charge on any atom is 0.416 e. The molecule has 1 atom stereocenters. The predicted molar refractivity (Wildman–Crippen MR) is 95.3 cm³/mol. The van der Waals surface area contributed by atoms with Gasteiger partial charge < -0.3 is 15.5 Å². The van der Waals surface area contributed by atoms with Crippen molar-refractivity contribution in [1.29, 1.82) is 0 Å². The molecule has 0 aliphatic carbocycles. The van der Waals surface area contributed by atoms with Gasteiger partial charge in [-0.3, -0.25) is 4.79 Å². The molecule has 0 radical (unpaired) electrons. The summed E-state index contributed by atoms with van der Waals surface area (Å²) in [6.07, 6.45) is -3.49. The first-order chi connectivity index (χ1) is 12.6. The van der Waals surface area contributed by atoms with Gasteiger partial charge in [-0.25, -0.2) is 9.97 Å². The van der Waals surface area contributed by atoms with Crippen LogP contribution in [0.3, 0.4) is 0 Å². The normalized spacial score (nSPS) is 17.6. The van der Waals surface area contributed by atoms with Crippen molar-refractivity contribution in [3.8, 4) is 11.3 Å². The quantitative estimate of drug-likeness (QED) is 0.883. The SMILES string of the molecule is CN(C)[C@@H]1CCN(c2nc(C(N)=O)cc(-c3ccc(C(F)(F)F)cc3)n2)C1. The van der Waals surface area contributed by atoms with E-state index >= 15 is 0 Å². The van der Waals surface area contributed by atoms with Crippen LogP contribution in [-0.4, -0.2) is 54.0 Å². The Balaban J connectivity index is 1.96. The van der Waals surface area contributed by atoms with Gasteiger partial charge >= 0.3 is 6.18 Å². The van der Waals surface area contributed by atoms with E-state index in [0.717, 1.165) is 25.1 Å². The van der Waals surface area contributed by atoms with Crippen LogP contribution in [0.4, 0.5) is 19.1 Å². The van der Waals surface area contributed by atoms with Crippen molar-refractivity contribution in [3.63, 3.8) is 0 Å². The van der Waals surface area contributed by atoms with Gasteiger partial charge in [-0.1, -0.05) is 12.1 Å². The average Bonchev–Trinajstić information content (AvgIpc) is 3.11. The summed E-state index contributed by atoms with van der Waals surface area (Å²) >= 11 is 0. The number of likely N-dealkylation sites (N-methyl/N-ethyl adjacent to an activating group) is 1. The minimum absolute atomic E-state index is 0.0307. The number of anilines is 1. The van der Waals surface area contributed by atoms with Gasteiger partial charge in [0.15, 0.2) is 0 Å². The van der Waals surface area contributed by atoms with Crippen LogP contribution >= 0.6 is 0 Å². The smallest absolute Gasteiger partial charge is 0.364 e. The van der Waals surface area contributed by atoms with Crippen LogP contribution in [0.1, 0.15) is 22.5 Å². The maximum atomic E-state index is 12.8. The Morgan fingerprint density at radius 1 is 1.22 bits per heavy atom. The van der Waals surface area contributed by atoms with Crippen molar-refractivity contribution in [2.75, 3.05) is 32.1 Å². The Labute approximate surface area is 154 Å². The maximum absolute atomic E-state index is 12.8. The van der Waals surface area contributed by atoms with Crippen molar-refractivity contribution >= 4 is 11.9 Å². The van der Waals surface area contributed by atoms with E-state index in [0.29, 0.717) is 29.8 Å². The highest BCUT2D eigenvalue weighted by molar-refractivity contribution is 5.92. The molecule has 2 aromatic rings. The minimum atomic E-state index is -4.41. The van der Waals surface area contributed by atoms with E-state index in [1.54, 1.807) is 0 Å². The Bertz CT molecular complexity index is 836. The van der Waals surface area contributed by atoms with Gasteiger partial charge in [0, 0.05) is 24.7 Å². The molecule has 0 bridgehead atoms. The average molecular weight is 379 g/mol. The van der Waals surface area contributed by atoms with Gasteiger partial charge in [-0.2, -0.15) is 13.2 Å². The molecule has 144 valence electrons. The molecule has 6 nitrogen and oxygen atoms in total. The van der Waals surface area contributed by atoms with Crippen LogP contribution in [0.5, 0.6) is 0 Å². The number of aromatic nitrogens is 2. The summed E-state index contributed by atoms with van der Waals surface area (Å²) in [5.74, 6) is -0.360. The Morgan fingerprint density at radius 3 is 2.41 bits per heavy atom. The van der Waals surface area contributed by atoms with Crippen molar-refractivity contribution in [2.24, 2.45) is 5.73 Å². The summed E-state index contributed by atoms with van der Waals surface area (Å²) in [6.45, 7) is 1.42. The van der Waals surface area contributed by atoms with Crippen molar-refractivity contribution in [1.82, 2.24) is 14.9 Å². The second kappa shape index (κ2) is 7.15. The van der Waals surface area contributed by atoms with E-state index in [2.05, 4.69) is 14.9 Å². The fourth-order valence-corrected chi connectivity index (χ4v) is 3.03. The highest BCUT2D eigenvalue weighted by Crippen LogP contribution is 2.31. The summed E-state index contributed by atoms with van der Waals surface area (Å²) < 4.78 is 38.3. The number of rotatable bonds is 4. The highest BCUT2D eigenvalue weighted by Gasteiger charge is 2.30. The molecule has 0 saturated carbocycles. The molecule has 1 saturated heterocycles. The Kier molecular flexibility index (Phi) is 5.05. The number of carbonyl (C=O) groups is 1. The number of amides is 1. The molecule has 27 heavy (non-hydrogen) atoms. The van der Waals surface area contributed by atoms with E-state index in [4.69, 9.17) is 5.73 Å². The molecule has 1 aliphatic rings. The number of nitrogens with two attached hydrogens (primary N) is 1. The van der Waals surface area contributed by atoms with Gasteiger partial charge in [-0.05, 0) is 38.7 Å². The molecular weight excluding hydrogens is 359 g/mol. The molecule has 1 fully saturated rings. The topological polar surface area (TPSA) is 75.3 Å². The van der Waals surface area contributed by atoms with Crippen molar-refractivity contribution in [3.05, 3.63) is 41.6 Å². The lowest BCUT2D eigenvalue weighted by molar-refractivity contribution is -0.137. The molecule has 9 heteroatoms. The van der Waals surface area contributed by atoms with Crippen LogP contribution in [0.25, 0.3) is 11.3 Å². The monoisotopic (exact) mass is 379 g/mol. The Morgan fingerprint density at radius 2 is 1.89 bits per heavy atom. The van der Waals surface area contributed by atoms with Crippen molar-refractivity contribution in [2.45, 2.75) is 18.6 Å². The molecule has 0 unspecified atom stereocenters. The highest BCUT2D eigenvalue weighted by atomic mass is 19.4. The zero-order valence-corrected chi connectivity index (χ0v) is 15.0. The molecule has 1 aromatic heterocycles. The van der Waals surface area contributed by atoms with Gasteiger partial charge in [0.25, 0.3) is 5.91 Å². The molecule has 3 rings (SSSR count). The number of halogens is 3. The van der Waals surface area contributed by atoms with E-state index in [1.807, 2.05) is 19.0 Å². The summed E-state index contributed by atoms with van der Waals surface area (Å²) in [6, 6.07) is 6.35. The third kappa shape index (κ3) is 4.19. The van der Waals surface area contributed by atoms with Gasteiger partial charge in [-0.15, -0.1) is 0 Å². The number of alkyl halides is 3. The zero-order valence-electron chi connectivity index (χ0n) is 15.0. The lowest BCUT2D eigenvalue weighted by Gasteiger charge is -2.21. The number of hydrogen-bond acceptors (Lipinski definition) is 5. The second-order valence-corrected chi connectivity index (χ2v) is 6.73. The van der Waals surface area contributed by atoms with E-state index in [1.165, 1.54) is 18.2 Å². The summed E-state index contributed by atoms with van der Waals surface area (Å²) in [7, 11) is 3.98. The fourth-order valence-electron chi connectivity index (χ4n) is 3.03. The van der Waals surface area contributed by atoms with E-state index in [9.17, 15) is 18.0 Å². The van der Waals surface area contributed by atoms with Gasteiger partial charge in [0.2, 0.25) is 5.95 Å². The van der Waals surface area contributed by atoms with Crippen LogP contribution < -0.4 is 10.6 Å². The van der Waals surface area contributed by atoms with E-state index in [-0.39, 0.29) is 5.69 Å². The second-order valence-electron chi connectivity index (χ2n) is 6.73. The first kappa shape index (κ1) is 19.1. The lowest BCUT2D eigenvalue weighted by atomic mass is 10.1. The largest absolute Gasteiger partial charge is 0.416 e. The number of nitrogens with zero attached hydrogens (tertiary/aromatic N) is 4. The number of hydrogen-bond donors (Lipinski definition) is 1. The molecule has 1 amide bonds. The van der Waals surface area contributed by atoms with Crippen LogP contribution in [0.2, 0.25) is 0 Å². The van der Waals surface area contributed by atoms with E-state index < -0.39 is 17.6 Å². The van der Waals surface area contributed by atoms with Crippen LogP contribution in [0, 0.1) is 0 Å². The first-order valence-electron chi connectivity index (χ1n) is 8.43. The minimum Gasteiger partial charge on any atom is -0.364 e. The predicted octanol–water partition coefficient (Wildman–Crippen LogP) is 2.40. The molecule has 1 aliphatic heterocycles. The fraction of sp³-hybridized carbons (Fsp3) is 0.389. The first-order valence-corrected chi connectivity index (χ1v) is 8.43. The van der Waals surface area contributed by atoms with Gasteiger partial charge in [0.05, 0.1) is 11.3 Å².